The largest absolute Gasteiger partial charge is 0.351 e. The lowest BCUT2D eigenvalue weighted by Crippen LogP contribution is -2.30. The highest BCUT2D eigenvalue weighted by Crippen LogP contribution is 2.13. The van der Waals surface area contributed by atoms with Crippen molar-refractivity contribution in [1.82, 2.24) is 10.2 Å². The monoisotopic (exact) mass is 299 g/mol. The Bertz CT molecular complexity index is 490. The van der Waals surface area contributed by atoms with E-state index in [4.69, 9.17) is 0 Å². The lowest BCUT2D eigenvalue weighted by atomic mass is 10.2. The van der Waals surface area contributed by atoms with Gasteiger partial charge in [0.2, 0.25) is 5.91 Å². The molecule has 0 aliphatic heterocycles. The van der Waals surface area contributed by atoms with Gasteiger partial charge in [-0.2, -0.15) is 0 Å². The fourth-order valence-electron chi connectivity index (χ4n) is 1.38. The maximum atomic E-state index is 11.5. The molecule has 0 saturated heterocycles. The summed E-state index contributed by atoms with van der Waals surface area (Å²) in [6.45, 7) is 1.32. The molecule has 0 unspecified atom stereocenters. The van der Waals surface area contributed by atoms with Gasteiger partial charge < -0.3 is 10.2 Å². The molecule has 0 heterocycles. The SMILES string of the molecule is CN(C)CCNC(=O)/C=C/c1cccc([N+](=O)[O-])c1.Cl. The molecule has 0 spiro atoms. The molecule has 1 aromatic carbocycles. The molecule has 1 aromatic rings. The molecule has 0 bridgehead atoms. The number of halogens is 1. The molecule has 0 aliphatic carbocycles. The number of benzene rings is 1. The maximum Gasteiger partial charge on any atom is 0.270 e. The molecule has 1 rings (SSSR count). The van der Waals surface area contributed by atoms with Crippen molar-refractivity contribution in [2.24, 2.45) is 0 Å². The van der Waals surface area contributed by atoms with Gasteiger partial charge in [0.25, 0.3) is 5.69 Å². The van der Waals surface area contributed by atoms with Gasteiger partial charge in [-0.25, -0.2) is 0 Å². The predicted molar refractivity (Wildman–Crippen MR) is 80.9 cm³/mol. The van der Waals surface area contributed by atoms with Gasteiger partial charge in [-0.05, 0) is 25.7 Å². The van der Waals surface area contributed by atoms with Crippen LogP contribution < -0.4 is 5.32 Å². The summed E-state index contributed by atoms with van der Waals surface area (Å²) in [6.07, 6.45) is 2.92. The first-order chi connectivity index (χ1) is 8.99. The number of non-ortho nitro benzene ring substituents is 1. The van der Waals surface area contributed by atoms with Gasteiger partial charge in [0, 0.05) is 31.3 Å². The molecule has 20 heavy (non-hydrogen) atoms. The zero-order valence-electron chi connectivity index (χ0n) is 11.4. The van der Waals surface area contributed by atoms with Crippen molar-refractivity contribution in [2.45, 2.75) is 0 Å². The Labute approximate surface area is 124 Å². The summed E-state index contributed by atoms with van der Waals surface area (Å²) in [5, 5.41) is 13.3. The molecule has 1 amide bonds. The zero-order chi connectivity index (χ0) is 14.3. The van der Waals surface area contributed by atoms with Gasteiger partial charge in [-0.1, -0.05) is 12.1 Å². The molecular formula is C13H18ClN3O3. The summed E-state index contributed by atoms with van der Waals surface area (Å²) < 4.78 is 0. The second-order valence-corrected chi connectivity index (χ2v) is 4.28. The smallest absolute Gasteiger partial charge is 0.270 e. The minimum Gasteiger partial charge on any atom is -0.351 e. The minimum atomic E-state index is -0.464. The molecule has 6 nitrogen and oxygen atoms in total. The van der Waals surface area contributed by atoms with Crippen molar-refractivity contribution in [3.8, 4) is 0 Å². The zero-order valence-corrected chi connectivity index (χ0v) is 12.2. The molecule has 0 aliphatic rings. The van der Waals surface area contributed by atoms with E-state index in [1.54, 1.807) is 18.2 Å². The highest BCUT2D eigenvalue weighted by atomic mass is 35.5. The normalized spacial score (nSPS) is 10.3. The number of hydrogen-bond donors (Lipinski definition) is 1. The Hall–Kier alpha value is -1.92. The van der Waals surface area contributed by atoms with Crippen LogP contribution in [-0.4, -0.2) is 42.9 Å². The topological polar surface area (TPSA) is 75.5 Å². The number of rotatable bonds is 6. The maximum absolute atomic E-state index is 11.5. The lowest BCUT2D eigenvalue weighted by Gasteiger charge is -2.08. The number of amides is 1. The van der Waals surface area contributed by atoms with E-state index in [1.165, 1.54) is 18.2 Å². The number of nitro groups is 1. The molecule has 0 fully saturated rings. The van der Waals surface area contributed by atoms with Gasteiger partial charge in [-0.3, -0.25) is 14.9 Å². The van der Waals surface area contributed by atoms with Crippen LogP contribution in [0.3, 0.4) is 0 Å². The van der Waals surface area contributed by atoms with Crippen molar-refractivity contribution in [2.75, 3.05) is 27.2 Å². The third-order valence-electron chi connectivity index (χ3n) is 2.37. The van der Waals surface area contributed by atoms with Gasteiger partial charge >= 0.3 is 0 Å². The molecule has 110 valence electrons. The van der Waals surface area contributed by atoms with E-state index in [0.717, 1.165) is 6.54 Å². The summed E-state index contributed by atoms with van der Waals surface area (Å²) in [5.74, 6) is -0.214. The van der Waals surface area contributed by atoms with Crippen molar-refractivity contribution in [3.63, 3.8) is 0 Å². The van der Waals surface area contributed by atoms with Gasteiger partial charge in [-0.15, -0.1) is 12.4 Å². The van der Waals surface area contributed by atoms with Crippen molar-refractivity contribution < 1.29 is 9.72 Å². The van der Waals surface area contributed by atoms with Crippen LogP contribution in [0.4, 0.5) is 5.69 Å². The summed E-state index contributed by atoms with van der Waals surface area (Å²) >= 11 is 0. The molecule has 1 N–H and O–H groups in total. The van der Waals surface area contributed by atoms with E-state index in [9.17, 15) is 14.9 Å². The summed E-state index contributed by atoms with van der Waals surface area (Å²) in [6, 6.07) is 6.12. The van der Waals surface area contributed by atoms with Crippen LogP contribution in [-0.2, 0) is 4.79 Å². The van der Waals surface area contributed by atoms with Crippen LogP contribution in [0.15, 0.2) is 30.3 Å². The molecular weight excluding hydrogens is 282 g/mol. The van der Waals surface area contributed by atoms with E-state index < -0.39 is 4.92 Å². The quantitative estimate of drug-likeness (QED) is 0.493. The molecule has 0 atom stereocenters. The average Bonchev–Trinajstić information content (AvgIpc) is 2.36. The van der Waals surface area contributed by atoms with Crippen molar-refractivity contribution in [1.29, 1.82) is 0 Å². The number of nitrogens with one attached hydrogen (secondary N) is 1. The Kier molecular flexibility index (Phi) is 8.19. The van der Waals surface area contributed by atoms with E-state index in [1.807, 2.05) is 19.0 Å². The standard InChI is InChI=1S/C13H17N3O3.ClH/c1-15(2)9-8-14-13(17)7-6-11-4-3-5-12(10-11)16(18)19;/h3-7,10H,8-9H2,1-2H3,(H,14,17);1H/b7-6+;. The van der Waals surface area contributed by atoms with Gasteiger partial charge in [0.1, 0.15) is 0 Å². The number of carbonyl (C=O) groups excluding carboxylic acids is 1. The summed E-state index contributed by atoms with van der Waals surface area (Å²) in [5.41, 5.74) is 0.632. The van der Waals surface area contributed by atoms with Crippen molar-refractivity contribution >= 4 is 30.1 Å². The Morgan fingerprint density at radius 1 is 1.45 bits per heavy atom. The molecule has 7 heteroatoms. The van der Waals surface area contributed by atoms with E-state index >= 15 is 0 Å². The second kappa shape index (κ2) is 9.06. The van der Waals surface area contributed by atoms with E-state index in [-0.39, 0.29) is 24.0 Å². The van der Waals surface area contributed by atoms with Crippen LogP contribution in [0.1, 0.15) is 5.56 Å². The fourth-order valence-corrected chi connectivity index (χ4v) is 1.38. The number of nitrogens with zero attached hydrogens (tertiary/aromatic N) is 2. The first kappa shape index (κ1) is 18.1. The Morgan fingerprint density at radius 3 is 2.75 bits per heavy atom. The summed E-state index contributed by atoms with van der Waals surface area (Å²) in [4.78, 5) is 23.6. The Morgan fingerprint density at radius 2 is 2.15 bits per heavy atom. The third kappa shape index (κ3) is 6.86. The van der Waals surface area contributed by atoms with Crippen LogP contribution in [0.25, 0.3) is 6.08 Å². The van der Waals surface area contributed by atoms with Crippen LogP contribution in [0.2, 0.25) is 0 Å². The number of carbonyl (C=O) groups is 1. The first-order valence-corrected chi connectivity index (χ1v) is 5.84. The minimum absolute atomic E-state index is 0. The highest BCUT2D eigenvalue weighted by molar-refractivity contribution is 5.91. The predicted octanol–water partition coefficient (Wildman–Crippen LogP) is 1.71. The van der Waals surface area contributed by atoms with Crippen LogP contribution >= 0.6 is 12.4 Å². The molecule has 0 radical (unpaired) electrons. The van der Waals surface area contributed by atoms with Gasteiger partial charge in [0.15, 0.2) is 0 Å². The van der Waals surface area contributed by atoms with Crippen molar-refractivity contribution in [3.05, 3.63) is 46.0 Å². The number of hydrogen-bond acceptors (Lipinski definition) is 4. The number of nitro benzene ring substituents is 1. The van der Waals surface area contributed by atoms with E-state index in [2.05, 4.69) is 5.32 Å². The Balaban J connectivity index is 0.00000361. The first-order valence-electron chi connectivity index (χ1n) is 5.84. The van der Waals surface area contributed by atoms with Gasteiger partial charge in [0.05, 0.1) is 4.92 Å². The van der Waals surface area contributed by atoms with Crippen LogP contribution in [0.5, 0.6) is 0 Å². The fraction of sp³-hybridized carbons (Fsp3) is 0.308. The number of likely N-dealkylation sites (N-methyl/N-ethyl adjacent to an activating group) is 1. The second-order valence-electron chi connectivity index (χ2n) is 4.28. The van der Waals surface area contributed by atoms with Crippen LogP contribution in [0, 0.1) is 10.1 Å². The average molecular weight is 300 g/mol. The van der Waals surface area contributed by atoms with E-state index in [0.29, 0.717) is 12.1 Å². The third-order valence-corrected chi connectivity index (χ3v) is 2.37. The molecule has 0 saturated carbocycles. The summed E-state index contributed by atoms with van der Waals surface area (Å²) in [7, 11) is 3.84. The highest BCUT2D eigenvalue weighted by Gasteiger charge is 2.04. The molecule has 0 aromatic heterocycles. The lowest BCUT2D eigenvalue weighted by molar-refractivity contribution is -0.384.